The SMILES string of the molecule is O=C(Nc1nccs1)c1ccc2sc([C@H]3C[C@H](O)[C@@H](CO)O3)nc2c1. The second kappa shape index (κ2) is 6.77. The molecule has 2 aromatic heterocycles. The lowest BCUT2D eigenvalue weighted by Gasteiger charge is -2.09. The number of ether oxygens (including phenoxy) is 1. The van der Waals surface area contributed by atoms with Crippen LogP contribution in [0.3, 0.4) is 0 Å². The summed E-state index contributed by atoms with van der Waals surface area (Å²) in [5.74, 6) is -0.237. The summed E-state index contributed by atoms with van der Waals surface area (Å²) in [7, 11) is 0. The van der Waals surface area contributed by atoms with E-state index in [9.17, 15) is 15.0 Å². The van der Waals surface area contributed by atoms with Gasteiger partial charge in [0, 0.05) is 23.6 Å². The Hall–Kier alpha value is -1.91. The second-order valence-electron chi connectivity index (χ2n) is 5.67. The zero-order valence-corrected chi connectivity index (χ0v) is 14.6. The number of aliphatic hydroxyl groups is 2. The Labute approximate surface area is 150 Å². The van der Waals surface area contributed by atoms with E-state index in [0.29, 0.717) is 22.6 Å². The van der Waals surface area contributed by atoms with E-state index >= 15 is 0 Å². The molecule has 7 nitrogen and oxygen atoms in total. The van der Waals surface area contributed by atoms with Gasteiger partial charge in [0.2, 0.25) is 0 Å². The van der Waals surface area contributed by atoms with Gasteiger partial charge in [-0.3, -0.25) is 10.1 Å². The first-order valence-electron chi connectivity index (χ1n) is 7.70. The summed E-state index contributed by atoms with van der Waals surface area (Å²) in [4.78, 5) is 20.9. The molecule has 1 saturated heterocycles. The summed E-state index contributed by atoms with van der Waals surface area (Å²) in [6.45, 7) is -0.219. The van der Waals surface area contributed by atoms with E-state index in [1.165, 1.54) is 22.7 Å². The molecule has 3 heterocycles. The van der Waals surface area contributed by atoms with Gasteiger partial charge in [0.15, 0.2) is 5.13 Å². The lowest BCUT2D eigenvalue weighted by atomic mass is 10.1. The number of thiazole rings is 2. The highest BCUT2D eigenvalue weighted by Gasteiger charge is 2.35. The fourth-order valence-corrected chi connectivity index (χ4v) is 4.25. The van der Waals surface area contributed by atoms with Crippen molar-refractivity contribution >= 4 is 43.9 Å². The molecule has 0 saturated carbocycles. The Balaban J connectivity index is 1.56. The van der Waals surface area contributed by atoms with Crippen LogP contribution in [0, 0.1) is 0 Å². The fraction of sp³-hybridized carbons (Fsp3) is 0.312. The summed E-state index contributed by atoms with van der Waals surface area (Å²) < 4.78 is 6.58. The highest BCUT2D eigenvalue weighted by Crippen LogP contribution is 2.37. The van der Waals surface area contributed by atoms with Crippen molar-refractivity contribution in [3.8, 4) is 0 Å². The fourth-order valence-electron chi connectivity index (χ4n) is 2.73. The molecule has 1 fully saturated rings. The molecule has 3 aromatic rings. The maximum atomic E-state index is 12.3. The number of amides is 1. The molecule has 1 aromatic carbocycles. The van der Waals surface area contributed by atoms with Gasteiger partial charge in [0.25, 0.3) is 5.91 Å². The van der Waals surface area contributed by atoms with E-state index in [1.807, 2.05) is 6.07 Å². The average molecular weight is 377 g/mol. The van der Waals surface area contributed by atoms with Crippen molar-refractivity contribution in [2.75, 3.05) is 11.9 Å². The zero-order valence-electron chi connectivity index (χ0n) is 13.0. The van der Waals surface area contributed by atoms with Crippen LogP contribution in [0.4, 0.5) is 5.13 Å². The van der Waals surface area contributed by atoms with E-state index in [0.717, 1.165) is 9.71 Å². The number of hydrogen-bond acceptors (Lipinski definition) is 8. The lowest BCUT2D eigenvalue weighted by molar-refractivity contribution is -0.0225. The van der Waals surface area contributed by atoms with Crippen LogP contribution in [0.2, 0.25) is 0 Å². The molecule has 3 N–H and O–H groups in total. The monoisotopic (exact) mass is 377 g/mol. The minimum absolute atomic E-state index is 0.219. The predicted molar refractivity (Wildman–Crippen MR) is 95.0 cm³/mol. The molecule has 0 bridgehead atoms. The van der Waals surface area contributed by atoms with Gasteiger partial charge in [-0.05, 0) is 18.2 Å². The molecular formula is C16H15N3O4S2. The number of nitrogens with zero attached hydrogens (tertiary/aromatic N) is 2. The maximum Gasteiger partial charge on any atom is 0.257 e. The molecule has 25 heavy (non-hydrogen) atoms. The third-order valence-electron chi connectivity index (χ3n) is 4.00. The number of aromatic nitrogens is 2. The van der Waals surface area contributed by atoms with Crippen molar-refractivity contribution in [1.29, 1.82) is 0 Å². The number of carbonyl (C=O) groups excluding carboxylic acids is 1. The van der Waals surface area contributed by atoms with Crippen molar-refractivity contribution in [3.05, 3.63) is 40.3 Å². The minimum atomic E-state index is -0.693. The number of rotatable bonds is 4. The van der Waals surface area contributed by atoms with Crippen LogP contribution in [0.25, 0.3) is 10.2 Å². The number of nitrogens with one attached hydrogen (secondary N) is 1. The number of hydrogen-bond donors (Lipinski definition) is 3. The smallest absolute Gasteiger partial charge is 0.257 e. The largest absolute Gasteiger partial charge is 0.394 e. The molecule has 3 atom stereocenters. The first kappa shape index (κ1) is 16.6. The van der Waals surface area contributed by atoms with Crippen LogP contribution < -0.4 is 5.32 Å². The molecular weight excluding hydrogens is 362 g/mol. The molecule has 4 rings (SSSR count). The molecule has 1 aliphatic rings. The van der Waals surface area contributed by atoms with Crippen molar-refractivity contribution < 1.29 is 19.7 Å². The molecule has 0 aliphatic carbocycles. The number of anilines is 1. The van der Waals surface area contributed by atoms with Crippen molar-refractivity contribution in [2.45, 2.75) is 24.7 Å². The first-order valence-corrected chi connectivity index (χ1v) is 9.39. The van der Waals surface area contributed by atoms with Crippen molar-refractivity contribution in [2.24, 2.45) is 0 Å². The topological polar surface area (TPSA) is 105 Å². The van der Waals surface area contributed by atoms with Crippen molar-refractivity contribution in [1.82, 2.24) is 9.97 Å². The summed E-state index contributed by atoms with van der Waals surface area (Å²) in [5, 5.41) is 24.9. The first-order chi connectivity index (χ1) is 12.1. The van der Waals surface area contributed by atoms with Crippen LogP contribution in [0.15, 0.2) is 29.8 Å². The predicted octanol–water partition coefficient (Wildman–Crippen LogP) is 2.19. The van der Waals surface area contributed by atoms with E-state index < -0.39 is 12.2 Å². The van der Waals surface area contributed by atoms with Gasteiger partial charge in [0.1, 0.15) is 17.2 Å². The normalized spacial score (nSPS) is 23.2. The van der Waals surface area contributed by atoms with Crippen LogP contribution in [0.5, 0.6) is 0 Å². The highest BCUT2D eigenvalue weighted by molar-refractivity contribution is 7.18. The molecule has 0 spiro atoms. The molecule has 1 aliphatic heterocycles. The Morgan fingerprint density at radius 1 is 1.44 bits per heavy atom. The molecule has 1 amide bonds. The Morgan fingerprint density at radius 2 is 2.32 bits per heavy atom. The third-order valence-corrected chi connectivity index (χ3v) is 5.82. The Bertz CT molecular complexity index is 896. The third kappa shape index (κ3) is 3.29. The molecule has 130 valence electrons. The summed E-state index contributed by atoms with van der Waals surface area (Å²) in [6.07, 6.45) is 0.435. The van der Waals surface area contributed by atoms with Crippen LogP contribution >= 0.6 is 22.7 Å². The summed E-state index contributed by atoms with van der Waals surface area (Å²) in [6, 6.07) is 5.32. The van der Waals surface area contributed by atoms with Gasteiger partial charge in [-0.1, -0.05) is 0 Å². The van der Waals surface area contributed by atoms with Crippen LogP contribution in [0.1, 0.15) is 27.9 Å². The highest BCUT2D eigenvalue weighted by atomic mass is 32.1. The van der Waals surface area contributed by atoms with E-state index in [-0.39, 0.29) is 18.6 Å². The number of carbonyl (C=O) groups is 1. The summed E-state index contributed by atoms with van der Waals surface area (Å²) in [5.41, 5.74) is 1.21. The molecule has 9 heteroatoms. The second-order valence-corrected chi connectivity index (χ2v) is 7.63. The summed E-state index contributed by atoms with van der Waals surface area (Å²) >= 11 is 2.82. The molecule has 0 radical (unpaired) electrons. The standard InChI is InChI=1S/C16H15N3O4S2/c20-7-12-10(21)6-11(23-12)15-18-9-5-8(1-2-13(9)25-15)14(22)19-16-17-3-4-24-16/h1-5,10-12,20-21H,6-7H2,(H,17,19,22)/t10-,11+,12+/m0/s1. The van der Waals surface area contributed by atoms with Gasteiger partial charge >= 0.3 is 0 Å². The quantitative estimate of drug-likeness (QED) is 0.644. The van der Waals surface area contributed by atoms with E-state index in [1.54, 1.807) is 23.7 Å². The van der Waals surface area contributed by atoms with Crippen LogP contribution in [-0.2, 0) is 4.74 Å². The minimum Gasteiger partial charge on any atom is -0.394 e. The van der Waals surface area contributed by atoms with Gasteiger partial charge in [-0.15, -0.1) is 22.7 Å². The maximum absolute atomic E-state index is 12.3. The van der Waals surface area contributed by atoms with Crippen molar-refractivity contribution in [3.63, 3.8) is 0 Å². The zero-order chi connectivity index (χ0) is 17.4. The number of fused-ring (bicyclic) bond motifs is 1. The van der Waals surface area contributed by atoms with Gasteiger partial charge in [0.05, 0.1) is 22.9 Å². The number of aliphatic hydroxyl groups excluding tert-OH is 2. The average Bonchev–Trinajstić information content (AvgIpc) is 3.32. The Morgan fingerprint density at radius 3 is 3.04 bits per heavy atom. The van der Waals surface area contributed by atoms with E-state index in [2.05, 4.69) is 15.3 Å². The van der Waals surface area contributed by atoms with Gasteiger partial charge < -0.3 is 14.9 Å². The van der Waals surface area contributed by atoms with Crippen LogP contribution in [-0.4, -0.2) is 44.9 Å². The lowest BCUT2D eigenvalue weighted by Crippen LogP contribution is -2.24. The van der Waals surface area contributed by atoms with Gasteiger partial charge in [-0.25, -0.2) is 9.97 Å². The van der Waals surface area contributed by atoms with E-state index in [4.69, 9.17) is 4.74 Å². The number of benzene rings is 1. The Kier molecular flexibility index (Phi) is 4.48. The molecule has 0 unspecified atom stereocenters. The van der Waals surface area contributed by atoms with Gasteiger partial charge in [-0.2, -0.15) is 0 Å².